The first-order valence-electron chi connectivity index (χ1n) is 6.05. The van der Waals surface area contributed by atoms with Crippen molar-refractivity contribution in [1.29, 1.82) is 0 Å². The molecule has 0 saturated heterocycles. The second kappa shape index (κ2) is 5.13. The maximum atomic E-state index is 3.61. The Hall–Kier alpha value is -0.340. The van der Waals surface area contributed by atoms with Crippen LogP contribution in [0.5, 0.6) is 0 Å². The third-order valence-electron chi connectivity index (χ3n) is 3.77. The predicted octanol–water partition coefficient (Wildman–Crippen LogP) is 3.31. The van der Waals surface area contributed by atoms with Crippen LogP contribution in [0.15, 0.2) is 16.8 Å². The maximum absolute atomic E-state index is 3.61. The van der Waals surface area contributed by atoms with E-state index in [4.69, 9.17) is 0 Å². The highest BCUT2D eigenvalue weighted by atomic mass is 32.1. The van der Waals surface area contributed by atoms with Gasteiger partial charge in [0.1, 0.15) is 0 Å². The monoisotopic (exact) mass is 223 g/mol. The highest BCUT2D eigenvalue weighted by molar-refractivity contribution is 7.07. The first kappa shape index (κ1) is 11.2. The van der Waals surface area contributed by atoms with Crippen molar-refractivity contribution in [2.24, 2.45) is 11.8 Å². The molecule has 1 heterocycles. The molecule has 1 aliphatic carbocycles. The molecule has 3 unspecified atom stereocenters. The SMILES string of the molecule is CCNC1CCC(Cc2ccsc2)C1C. The van der Waals surface area contributed by atoms with E-state index in [1.54, 1.807) is 0 Å². The fraction of sp³-hybridized carbons (Fsp3) is 0.692. The lowest BCUT2D eigenvalue weighted by atomic mass is 9.90. The van der Waals surface area contributed by atoms with Gasteiger partial charge in [-0.15, -0.1) is 0 Å². The molecule has 84 valence electrons. The Kier molecular flexibility index (Phi) is 3.81. The summed E-state index contributed by atoms with van der Waals surface area (Å²) >= 11 is 1.82. The summed E-state index contributed by atoms with van der Waals surface area (Å²) in [4.78, 5) is 0. The topological polar surface area (TPSA) is 12.0 Å². The minimum atomic E-state index is 0.763. The molecule has 2 heteroatoms. The summed E-state index contributed by atoms with van der Waals surface area (Å²) in [6.45, 7) is 5.73. The number of thiophene rings is 1. The average Bonchev–Trinajstić information content (AvgIpc) is 2.83. The number of nitrogens with one attached hydrogen (secondary N) is 1. The van der Waals surface area contributed by atoms with Gasteiger partial charge in [-0.05, 0) is 60.0 Å². The molecule has 1 aromatic heterocycles. The Balaban J connectivity index is 1.89. The number of hydrogen-bond acceptors (Lipinski definition) is 2. The maximum Gasteiger partial charge on any atom is 0.00954 e. The molecule has 1 aliphatic rings. The molecule has 1 aromatic rings. The van der Waals surface area contributed by atoms with Crippen LogP contribution in [0.1, 0.15) is 32.3 Å². The van der Waals surface area contributed by atoms with Crippen LogP contribution >= 0.6 is 11.3 Å². The van der Waals surface area contributed by atoms with Gasteiger partial charge in [0.15, 0.2) is 0 Å². The molecule has 2 rings (SSSR count). The summed E-state index contributed by atoms with van der Waals surface area (Å²) in [5.41, 5.74) is 1.54. The van der Waals surface area contributed by atoms with Crippen LogP contribution in [0.3, 0.4) is 0 Å². The molecule has 1 nitrogen and oxygen atoms in total. The van der Waals surface area contributed by atoms with Gasteiger partial charge in [0.2, 0.25) is 0 Å². The normalized spacial score (nSPS) is 30.9. The highest BCUT2D eigenvalue weighted by Crippen LogP contribution is 2.34. The molecule has 0 bridgehead atoms. The second-order valence-electron chi connectivity index (χ2n) is 4.70. The highest BCUT2D eigenvalue weighted by Gasteiger charge is 2.31. The Morgan fingerprint density at radius 3 is 3.00 bits per heavy atom. The zero-order valence-electron chi connectivity index (χ0n) is 9.70. The predicted molar refractivity (Wildman–Crippen MR) is 67.4 cm³/mol. The largest absolute Gasteiger partial charge is 0.314 e. The van der Waals surface area contributed by atoms with Crippen LogP contribution in [-0.2, 0) is 6.42 Å². The third kappa shape index (κ3) is 2.61. The van der Waals surface area contributed by atoms with Gasteiger partial charge in [0.05, 0.1) is 0 Å². The Morgan fingerprint density at radius 1 is 1.47 bits per heavy atom. The minimum absolute atomic E-state index is 0.763. The van der Waals surface area contributed by atoms with Crippen LogP contribution in [-0.4, -0.2) is 12.6 Å². The zero-order chi connectivity index (χ0) is 10.7. The fourth-order valence-corrected chi connectivity index (χ4v) is 3.48. The van der Waals surface area contributed by atoms with Crippen LogP contribution in [0.25, 0.3) is 0 Å². The fourth-order valence-electron chi connectivity index (χ4n) is 2.80. The van der Waals surface area contributed by atoms with Gasteiger partial charge in [0, 0.05) is 6.04 Å². The van der Waals surface area contributed by atoms with Gasteiger partial charge in [-0.2, -0.15) is 11.3 Å². The molecular formula is C13H21NS. The number of rotatable bonds is 4. The van der Waals surface area contributed by atoms with Crippen molar-refractivity contribution >= 4 is 11.3 Å². The molecule has 0 amide bonds. The molecule has 3 atom stereocenters. The first-order chi connectivity index (χ1) is 7.31. The average molecular weight is 223 g/mol. The lowest BCUT2D eigenvalue weighted by Crippen LogP contribution is -2.32. The van der Waals surface area contributed by atoms with Crippen molar-refractivity contribution in [3.8, 4) is 0 Å². The summed E-state index contributed by atoms with van der Waals surface area (Å²) in [6.07, 6.45) is 4.05. The number of hydrogen-bond donors (Lipinski definition) is 1. The van der Waals surface area contributed by atoms with Gasteiger partial charge in [-0.25, -0.2) is 0 Å². The summed E-state index contributed by atoms with van der Waals surface area (Å²) < 4.78 is 0. The molecule has 15 heavy (non-hydrogen) atoms. The van der Waals surface area contributed by atoms with E-state index >= 15 is 0 Å². The van der Waals surface area contributed by atoms with Crippen LogP contribution < -0.4 is 5.32 Å². The van der Waals surface area contributed by atoms with Crippen molar-refractivity contribution in [3.63, 3.8) is 0 Å². The van der Waals surface area contributed by atoms with Crippen LogP contribution in [0.4, 0.5) is 0 Å². The van der Waals surface area contributed by atoms with E-state index in [1.807, 2.05) is 11.3 Å². The lowest BCUT2D eigenvalue weighted by molar-refractivity contribution is 0.355. The van der Waals surface area contributed by atoms with Crippen molar-refractivity contribution in [3.05, 3.63) is 22.4 Å². The quantitative estimate of drug-likeness (QED) is 0.825. The Bertz CT molecular complexity index is 281. The molecule has 1 fully saturated rings. The van der Waals surface area contributed by atoms with Gasteiger partial charge < -0.3 is 5.32 Å². The first-order valence-corrected chi connectivity index (χ1v) is 7.00. The Labute approximate surface area is 96.9 Å². The Morgan fingerprint density at radius 2 is 2.33 bits per heavy atom. The van der Waals surface area contributed by atoms with Gasteiger partial charge >= 0.3 is 0 Å². The van der Waals surface area contributed by atoms with E-state index in [0.29, 0.717) is 0 Å². The van der Waals surface area contributed by atoms with E-state index in [2.05, 4.69) is 36.0 Å². The van der Waals surface area contributed by atoms with E-state index < -0.39 is 0 Å². The third-order valence-corrected chi connectivity index (χ3v) is 4.50. The molecule has 1 saturated carbocycles. The summed E-state index contributed by atoms with van der Waals surface area (Å²) in [5, 5.41) is 8.10. The van der Waals surface area contributed by atoms with Crippen molar-refractivity contribution < 1.29 is 0 Å². The van der Waals surface area contributed by atoms with Crippen molar-refractivity contribution in [2.75, 3.05) is 6.54 Å². The van der Waals surface area contributed by atoms with Crippen molar-refractivity contribution in [1.82, 2.24) is 5.32 Å². The van der Waals surface area contributed by atoms with Crippen molar-refractivity contribution in [2.45, 2.75) is 39.2 Å². The van der Waals surface area contributed by atoms with Crippen LogP contribution in [0.2, 0.25) is 0 Å². The molecule has 0 radical (unpaired) electrons. The van der Waals surface area contributed by atoms with Gasteiger partial charge in [0.25, 0.3) is 0 Å². The van der Waals surface area contributed by atoms with Gasteiger partial charge in [-0.3, -0.25) is 0 Å². The molecule has 1 N–H and O–H groups in total. The lowest BCUT2D eigenvalue weighted by Gasteiger charge is -2.21. The second-order valence-corrected chi connectivity index (χ2v) is 5.48. The zero-order valence-corrected chi connectivity index (χ0v) is 10.5. The van der Waals surface area contributed by atoms with Gasteiger partial charge in [-0.1, -0.05) is 13.8 Å². The molecule has 0 aliphatic heterocycles. The molecule has 0 spiro atoms. The molecule has 0 aromatic carbocycles. The minimum Gasteiger partial charge on any atom is -0.314 e. The van der Waals surface area contributed by atoms with E-state index in [0.717, 1.165) is 24.4 Å². The van der Waals surface area contributed by atoms with E-state index in [1.165, 1.54) is 24.8 Å². The summed E-state index contributed by atoms with van der Waals surface area (Å²) in [7, 11) is 0. The summed E-state index contributed by atoms with van der Waals surface area (Å²) in [6, 6.07) is 3.04. The summed E-state index contributed by atoms with van der Waals surface area (Å²) in [5.74, 6) is 1.73. The molecular weight excluding hydrogens is 202 g/mol. The van der Waals surface area contributed by atoms with E-state index in [-0.39, 0.29) is 0 Å². The smallest absolute Gasteiger partial charge is 0.00954 e. The van der Waals surface area contributed by atoms with E-state index in [9.17, 15) is 0 Å². The van der Waals surface area contributed by atoms with Crippen LogP contribution in [0, 0.1) is 11.8 Å². The standard InChI is InChI=1S/C13H21NS/c1-3-14-13-5-4-12(10(13)2)8-11-6-7-15-9-11/h6-7,9-10,12-14H,3-5,8H2,1-2H3.